The summed E-state index contributed by atoms with van der Waals surface area (Å²) in [5.74, 6) is 0. The molecule has 0 amide bonds. The quantitative estimate of drug-likeness (QED) is 0.519. The van der Waals surface area contributed by atoms with Crippen molar-refractivity contribution >= 4 is 0 Å². The second kappa shape index (κ2) is 11.6. The molecule has 0 spiro atoms. The van der Waals surface area contributed by atoms with E-state index in [0.717, 1.165) is 52.0 Å². The van der Waals surface area contributed by atoms with E-state index in [9.17, 15) is 5.11 Å². The molecule has 1 fully saturated rings. The van der Waals surface area contributed by atoms with Gasteiger partial charge in [0.15, 0.2) is 0 Å². The number of hydrogen-bond donors (Lipinski definition) is 2. The molecule has 5 heteroatoms. The zero-order chi connectivity index (χ0) is 13.8. The third-order valence-electron chi connectivity index (χ3n) is 3.01. The normalized spacial score (nSPS) is 20.8. The van der Waals surface area contributed by atoms with E-state index in [0.29, 0.717) is 19.8 Å². The summed E-state index contributed by atoms with van der Waals surface area (Å²) in [4.78, 5) is 0. The van der Waals surface area contributed by atoms with Crippen LogP contribution < -0.4 is 5.32 Å². The van der Waals surface area contributed by atoms with Gasteiger partial charge in [0.1, 0.15) is 0 Å². The van der Waals surface area contributed by atoms with Gasteiger partial charge in [0, 0.05) is 26.4 Å². The third kappa shape index (κ3) is 9.35. The van der Waals surface area contributed by atoms with Crippen molar-refractivity contribution in [3.8, 4) is 0 Å². The number of nitrogens with one attached hydrogen (secondary N) is 1. The van der Waals surface area contributed by atoms with Gasteiger partial charge in [-0.1, -0.05) is 6.92 Å². The fourth-order valence-electron chi connectivity index (χ4n) is 1.98. The summed E-state index contributed by atoms with van der Waals surface area (Å²) in [7, 11) is 0. The second-order valence-corrected chi connectivity index (χ2v) is 5.00. The maximum Gasteiger partial charge on any atom is 0.0897 e. The average Bonchev–Trinajstić information content (AvgIpc) is 2.91. The molecule has 1 aliphatic heterocycles. The van der Waals surface area contributed by atoms with E-state index in [2.05, 4.69) is 12.2 Å². The lowest BCUT2D eigenvalue weighted by atomic mass is 10.2. The first-order valence-electron chi connectivity index (χ1n) is 7.48. The van der Waals surface area contributed by atoms with Crippen molar-refractivity contribution < 1.29 is 19.3 Å². The topological polar surface area (TPSA) is 60.0 Å². The van der Waals surface area contributed by atoms with E-state index >= 15 is 0 Å². The summed E-state index contributed by atoms with van der Waals surface area (Å²) in [5, 5.41) is 12.9. The highest BCUT2D eigenvalue weighted by atomic mass is 16.5. The fourth-order valence-corrected chi connectivity index (χ4v) is 1.98. The van der Waals surface area contributed by atoms with Crippen LogP contribution in [-0.4, -0.2) is 63.4 Å². The van der Waals surface area contributed by atoms with Crippen molar-refractivity contribution in [3.63, 3.8) is 0 Å². The van der Waals surface area contributed by atoms with Crippen LogP contribution in [0.3, 0.4) is 0 Å². The predicted octanol–water partition coefficient (Wildman–Crippen LogP) is 0.949. The highest BCUT2D eigenvalue weighted by molar-refractivity contribution is 4.64. The molecule has 2 N–H and O–H groups in total. The van der Waals surface area contributed by atoms with E-state index in [1.54, 1.807) is 0 Å². The molecule has 1 heterocycles. The molecule has 2 atom stereocenters. The van der Waals surface area contributed by atoms with Gasteiger partial charge in [-0.15, -0.1) is 0 Å². The van der Waals surface area contributed by atoms with Crippen molar-refractivity contribution in [2.24, 2.45) is 0 Å². The van der Waals surface area contributed by atoms with E-state index in [4.69, 9.17) is 14.2 Å². The fraction of sp³-hybridized carbons (Fsp3) is 1.00. The summed E-state index contributed by atoms with van der Waals surface area (Å²) in [6.45, 7) is 6.97. The molecule has 2 unspecified atom stereocenters. The SMILES string of the molecule is CCCOCCCNCC(O)COCC1CCCO1. The summed E-state index contributed by atoms with van der Waals surface area (Å²) in [6, 6.07) is 0. The Morgan fingerprint density at radius 2 is 2.26 bits per heavy atom. The monoisotopic (exact) mass is 275 g/mol. The smallest absolute Gasteiger partial charge is 0.0897 e. The van der Waals surface area contributed by atoms with Gasteiger partial charge in [-0.25, -0.2) is 0 Å². The Balaban J connectivity index is 1.80. The van der Waals surface area contributed by atoms with Gasteiger partial charge in [0.2, 0.25) is 0 Å². The van der Waals surface area contributed by atoms with Gasteiger partial charge >= 0.3 is 0 Å². The molecular weight excluding hydrogens is 246 g/mol. The molecule has 5 nitrogen and oxygen atoms in total. The van der Waals surface area contributed by atoms with Crippen LogP contribution in [0.2, 0.25) is 0 Å². The number of rotatable bonds is 12. The molecule has 1 rings (SSSR count). The molecule has 0 aliphatic carbocycles. The van der Waals surface area contributed by atoms with Crippen LogP contribution in [0, 0.1) is 0 Å². The van der Waals surface area contributed by atoms with Crippen molar-refractivity contribution in [1.82, 2.24) is 5.32 Å². The predicted molar refractivity (Wildman–Crippen MR) is 74.4 cm³/mol. The molecule has 0 saturated carbocycles. The Kier molecular flexibility index (Phi) is 10.3. The van der Waals surface area contributed by atoms with E-state index in [1.165, 1.54) is 0 Å². The Labute approximate surface area is 116 Å². The highest BCUT2D eigenvalue weighted by Crippen LogP contribution is 2.11. The largest absolute Gasteiger partial charge is 0.389 e. The summed E-state index contributed by atoms with van der Waals surface area (Å²) in [5.41, 5.74) is 0. The minimum Gasteiger partial charge on any atom is -0.389 e. The first kappa shape index (κ1) is 16.9. The lowest BCUT2D eigenvalue weighted by Gasteiger charge is -2.14. The molecule has 0 radical (unpaired) electrons. The minimum absolute atomic E-state index is 0.232. The number of aliphatic hydroxyl groups excluding tert-OH is 1. The Morgan fingerprint density at radius 3 is 3.00 bits per heavy atom. The molecular formula is C14H29NO4. The van der Waals surface area contributed by atoms with E-state index < -0.39 is 6.10 Å². The Hall–Kier alpha value is -0.200. The first-order valence-corrected chi connectivity index (χ1v) is 7.48. The van der Waals surface area contributed by atoms with Crippen LogP contribution in [0.15, 0.2) is 0 Å². The zero-order valence-electron chi connectivity index (χ0n) is 12.1. The molecule has 1 aliphatic rings. The summed E-state index contributed by atoms with van der Waals surface area (Å²) >= 11 is 0. The second-order valence-electron chi connectivity index (χ2n) is 5.00. The highest BCUT2D eigenvalue weighted by Gasteiger charge is 2.15. The van der Waals surface area contributed by atoms with Crippen LogP contribution >= 0.6 is 0 Å². The maximum atomic E-state index is 9.70. The van der Waals surface area contributed by atoms with Crippen molar-refractivity contribution in [3.05, 3.63) is 0 Å². The van der Waals surface area contributed by atoms with Crippen LogP contribution in [0.5, 0.6) is 0 Å². The molecule has 0 bridgehead atoms. The number of ether oxygens (including phenoxy) is 3. The molecule has 114 valence electrons. The summed E-state index contributed by atoms with van der Waals surface area (Å²) < 4.78 is 16.3. The molecule has 0 aromatic carbocycles. The number of hydrogen-bond acceptors (Lipinski definition) is 5. The summed E-state index contributed by atoms with van der Waals surface area (Å²) in [6.07, 6.45) is 4.02. The lowest BCUT2D eigenvalue weighted by Crippen LogP contribution is -2.32. The van der Waals surface area contributed by atoms with Gasteiger partial charge in [-0.2, -0.15) is 0 Å². The van der Waals surface area contributed by atoms with Crippen LogP contribution in [0.25, 0.3) is 0 Å². The zero-order valence-corrected chi connectivity index (χ0v) is 12.1. The molecule has 0 aromatic heterocycles. The van der Waals surface area contributed by atoms with Crippen molar-refractivity contribution in [2.45, 2.75) is 44.8 Å². The van der Waals surface area contributed by atoms with Crippen LogP contribution in [0.1, 0.15) is 32.6 Å². The first-order chi connectivity index (χ1) is 9.33. The van der Waals surface area contributed by atoms with Gasteiger partial charge in [-0.05, 0) is 32.2 Å². The lowest BCUT2D eigenvalue weighted by molar-refractivity contribution is -0.0164. The average molecular weight is 275 g/mol. The Bertz CT molecular complexity index is 198. The minimum atomic E-state index is -0.446. The van der Waals surface area contributed by atoms with Gasteiger partial charge in [0.25, 0.3) is 0 Å². The van der Waals surface area contributed by atoms with E-state index in [-0.39, 0.29) is 6.10 Å². The molecule has 19 heavy (non-hydrogen) atoms. The van der Waals surface area contributed by atoms with Gasteiger partial charge < -0.3 is 24.6 Å². The van der Waals surface area contributed by atoms with E-state index in [1.807, 2.05) is 0 Å². The van der Waals surface area contributed by atoms with Gasteiger partial charge in [0.05, 0.1) is 25.4 Å². The van der Waals surface area contributed by atoms with Gasteiger partial charge in [-0.3, -0.25) is 0 Å². The maximum absolute atomic E-state index is 9.70. The van der Waals surface area contributed by atoms with Crippen LogP contribution in [0.4, 0.5) is 0 Å². The van der Waals surface area contributed by atoms with Crippen molar-refractivity contribution in [2.75, 3.05) is 46.1 Å². The molecule has 0 aromatic rings. The molecule has 1 saturated heterocycles. The Morgan fingerprint density at radius 1 is 1.37 bits per heavy atom. The third-order valence-corrected chi connectivity index (χ3v) is 3.01. The standard InChI is InChI=1S/C14H29NO4/c1-2-7-17-8-4-6-15-10-13(16)11-18-12-14-5-3-9-19-14/h13-16H,2-12H2,1H3. The number of aliphatic hydroxyl groups is 1. The van der Waals surface area contributed by atoms with Crippen molar-refractivity contribution in [1.29, 1.82) is 0 Å². The van der Waals surface area contributed by atoms with Crippen LogP contribution in [-0.2, 0) is 14.2 Å².